The molecule has 5 nitrogen and oxygen atoms in total. The molecule has 0 unspecified atom stereocenters. The molecule has 0 fully saturated rings. The number of fused-ring (bicyclic) bond motifs is 3. The molecule has 2 heterocycles. The van der Waals surface area contributed by atoms with Gasteiger partial charge in [0.05, 0.1) is 11.9 Å². The van der Waals surface area contributed by atoms with Crippen molar-refractivity contribution in [3.8, 4) is 0 Å². The topological polar surface area (TPSA) is 59.3 Å². The zero-order chi connectivity index (χ0) is 17.8. The summed E-state index contributed by atoms with van der Waals surface area (Å²) in [6.45, 7) is 0.596. The Balaban J connectivity index is 1.49. The van der Waals surface area contributed by atoms with Crippen molar-refractivity contribution in [3.63, 3.8) is 0 Å². The van der Waals surface area contributed by atoms with Crippen LogP contribution in [0.25, 0.3) is 21.8 Å². The van der Waals surface area contributed by atoms with E-state index in [0.717, 1.165) is 11.0 Å². The molecule has 4 aromatic rings. The molecule has 1 N–H and O–H groups in total. The highest BCUT2D eigenvalue weighted by Crippen LogP contribution is 2.28. The fraction of sp³-hybridized carbons (Fsp3) is 0.0952. The van der Waals surface area contributed by atoms with Gasteiger partial charge in [0.15, 0.2) is 0 Å². The van der Waals surface area contributed by atoms with Gasteiger partial charge in [0.1, 0.15) is 0 Å². The molecule has 0 radical (unpaired) electrons. The summed E-state index contributed by atoms with van der Waals surface area (Å²) in [5, 5.41) is 6.38. The van der Waals surface area contributed by atoms with Crippen LogP contribution in [0.4, 0.5) is 0 Å². The first-order chi connectivity index (χ1) is 12.8. The maximum atomic E-state index is 12.1. The number of aromatic nitrogens is 2. The molecule has 4 rings (SSSR count). The number of carbonyl (C=O) groups is 1. The molecule has 0 aliphatic heterocycles. The van der Waals surface area contributed by atoms with E-state index in [9.17, 15) is 4.79 Å². The average Bonchev–Trinajstić information content (AvgIpc) is 3.01. The van der Waals surface area contributed by atoms with Gasteiger partial charge in [-0.15, -0.1) is 0 Å². The van der Waals surface area contributed by atoms with Gasteiger partial charge in [0, 0.05) is 41.0 Å². The molecule has 128 valence electrons. The number of nitrogens with zero attached hydrogens (tertiary/aromatic N) is 3. The molecule has 2 aromatic carbocycles. The zero-order valence-corrected chi connectivity index (χ0v) is 14.2. The number of pyridine rings is 1. The Bertz CT molecular complexity index is 1030. The Morgan fingerprint density at radius 3 is 2.27 bits per heavy atom. The van der Waals surface area contributed by atoms with Gasteiger partial charge in [-0.2, -0.15) is 5.10 Å². The van der Waals surface area contributed by atoms with E-state index < -0.39 is 0 Å². The number of para-hydroxylation sites is 2. The van der Waals surface area contributed by atoms with E-state index in [1.807, 2.05) is 42.5 Å². The Labute approximate surface area is 151 Å². The summed E-state index contributed by atoms with van der Waals surface area (Å²) < 4.78 is 2.19. The highest BCUT2D eigenvalue weighted by atomic mass is 16.2. The smallest absolute Gasteiger partial charge is 0.241 e. The zero-order valence-electron chi connectivity index (χ0n) is 14.2. The van der Waals surface area contributed by atoms with E-state index >= 15 is 0 Å². The average molecular weight is 342 g/mol. The van der Waals surface area contributed by atoms with Crippen molar-refractivity contribution in [3.05, 3.63) is 78.6 Å². The summed E-state index contributed by atoms with van der Waals surface area (Å²) in [6.07, 6.45) is 3.58. The molecule has 0 saturated carbocycles. The molecule has 0 saturated heterocycles. The van der Waals surface area contributed by atoms with Gasteiger partial charge in [-0.1, -0.05) is 42.5 Å². The second kappa shape index (κ2) is 7.19. The van der Waals surface area contributed by atoms with Crippen molar-refractivity contribution in [2.24, 2.45) is 5.10 Å². The number of hydrazone groups is 1. The summed E-state index contributed by atoms with van der Waals surface area (Å²) in [7, 11) is 0. The molecule has 2 aromatic heterocycles. The minimum Gasteiger partial charge on any atom is -0.340 e. The molecular formula is C21H18N4O. The van der Waals surface area contributed by atoms with Crippen LogP contribution in [0.1, 0.15) is 12.1 Å². The highest BCUT2D eigenvalue weighted by molar-refractivity contribution is 6.08. The predicted octanol–water partition coefficient (Wildman–Crippen LogP) is 3.73. The molecule has 1 amide bonds. The standard InChI is InChI=1S/C21H18N4O/c26-21(24-23-15-16-7-5-6-13-22-16)12-14-25-19-10-3-1-8-17(19)18-9-2-4-11-20(18)25/h1-11,13,15H,12,14H2,(H,24,26)/b23-15+. The van der Waals surface area contributed by atoms with Crippen molar-refractivity contribution < 1.29 is 4.79 Å². The van der Waals surface area contributed by atoms with Crippen molar-refractivity contribution in [1.82, 2.24) is 15.0 Å². The quantitative estimate of drug-likeness (QED) is 0.444. The minimum atomic E-state index is -0.126. The number of aryl methyl sites for hydroxylation is 1. The molecule has 0 spiro atoms. The highest BCUT2D eigenvalue weighted by Gasteiger charge is 2.10. The van der Waals surface area contributed by atoms with Crippen LogP contribution in [0.2, 0.25) is 0 Å². The van der Waals surface area contributed by atoms with Crippen LogP contribution in [-0.4, -0.2) is 21.7 Å². The first-order valence-corrected chi connectivity index (χ1v) is 8.52. The lowest BCUT2D eigenvalue weighted by Crippen LogP contribution is -2.19. The number of rotatable bonds is 5. The third-order valence-corrected chi connectivity index (χ3v) is 4.32. The summed E-state index contributed by atoms with van der Waals surface area (Å²) in [4.78, 5) is 16.3. The van der Waals surface area contributed by atoms with E-state index in [1.165, 1.54) is 10.8 Å². The molecule has 0 aliphatic rings. The maximum Gasteiger partial charge on any atom is 0.241 e. The molecule has 5 heteroatoms. The van der Waals surface area contributed by atoms with Crippen molar-refractivity contribution in [2.45, 2.75) is 13.0 Å². The van der Waals surface area contributed by atoms with Gasteiger partial charge in [-0.25, -0.2) is 5.43 Å². The Morgan fingerprint density at radius 1 is 0.962 bits per heavy atom. The predicted molar refractivity (Wildman–Crippen MR) is 104 cm³/mol. The number of benzene rings is 2. The van der Waals surface area contributed by atoms with Gasteiger partial charge < -0.3 is 4.57 Å². The molecule has 0 bridgehead atoms. The van der Waals surface area contributed by atoms with Crippen molar-refractivity contribution in [2.75, 3.05) is 0 Å². The molecule has 26 heavy (non-hydrogen) atoms. The summed E-state index contributed by atoms with van der Waals surface area (Å²) in [5.41, 5.74) is 5.55. The second-order valence-corrected chi connectivity index (χ2v) is 5.98. The lowest BCUT2D eigenvalue weighted by atomic mass is 10.2. The Kier molecular flexibility index (Phi) is 4.43. The van der Waals surface area contributed by atoms with Gasteiger partial charge >= 0.3 is 0 Å². The molecule has 0 aliphatic carbocycles. The van der Waals surface area contributed by atoms with Crippen molar-refractivity contribution in [1.29, 1.82) is 0 Å². The second-order valence-electron chi connectivity index (χ2n) is 5.98. The van der Waals surface area contributed by atoms with Crippen LogP contribution in [0.5, 0.6) is 0 Å². The van der Waals surface area contributed by atoms with E-state index in [1.54, 1.807) is 12.4 Å². The molecular weight excluding hydrogens is 324 g/mol. The van der Waals surface area contributed by atoms with Crippen LogP contribution >= 0.6 is 0 Å². The number of nitrogens with one attached hydrogen (secondary N) is 1. The SMILES string of the molecule is O=C(CCn1c2ccccc2c2ccccc21)N/N=C/c1ccccn1. The van der Waals surface area contributed by atoms with E-state index in [4.69, 9.17) is 0 Å². The number of hydrogen-bond donors (Lipinski definition) is 1. The fourth-order valence-electron chi connectivity index (χ4n) is 3.14. The first kappa shape index (κ1) is 16.0. The van der Waals surface area contributed by atoms with E-state index in [-0.39, 0.29) is 5.91 Å². The van der Waals surface area contributed by atoms with E-state index in [2.05, 4.69) is 44.3 Å². The maximum absolute atomic E-state index is 12.1. The number of amides is 1. The minimum absolute atomic E-state index is 0.126. The fourth-order valence-corrected chi connectivity index (χ4v) is 3.14. The number of carbonyl (C=O) groups excluding carboxylic acids is 1. The summed E-state index contributed by atoms with van der Waals surface area (Å²) >= 11 is 0. The first-order valence-electron chi connectivity index (χ1n) is 8.52. The van der Waals surface area contributed by atoms with Crippen LogP contribution in [0.15, 0.2) is 78.0 Å². The lowest BCUT2D eigenvalue weighted by Gasteiger charge is -2.06. The van der Waals surface area contributed by atoms with Crippen LogP contribution in [0, 0.1) is 0 Å². The van der Waals surface area contributed by atoms with Gasteiger partial charge in [0.2, 0.25) is 5.91 Å². The normalized spacial score (nSPS) is 11.4. The van der Waals surface area contributed by atoms with E-state index in [0.29, 0.717) is 18.7 Å². The lowest BCUT2D eigenvalue weighted by molar-refractivity contribution is -0.121. The number of hydrogen-bond acceptors (Lipinski definition) is 3. The van der Waals surface area contributed by atoms with Gasteiger partial charge in [-0.05, 0) is 24.3 Å². The largest absolute Gasteiger partial charge is 0.340 e. The van der Waals surface area contributed by atoms with Crippen molar-refractivity contribution >= 4 is 33.9 Å². The van der Waals surface area contributed by atoms with Crippen LogP contribution in [-0.2, 0) is 11.3 Å². The third kappa shape index (κ3) is 3.19. The van der Waals surface area contributed by atoms with Crippen LogP contribution < -0.4 is 5.43 Å². The Morgan fingerprint density at radius 2 is 1.62 bits per heavy atom. The Hall–Kier alpha value is -3.47. The van der Waals surface area contributed by atoms with Crippen LogP contribution in [0.3, 0.4) is 0 Å². The monoisotopic (exact) mass is 342 g/mol. The summed E-state index contributed by atoms with van der Waals surface area (Å²) in [5.74, 6) is -0.126. The van der Waals surface area contributed by atoms with Gasteiger partial charge in [0.25, 0.3) is 0 Å². The summed E-state index contributed by atoms with van der Waals surface area (Å²) in [6, 6.07) is 22.1. The third-order valence-electron chi connectivity index (χ3n) is 4.32. The molecule has 0 atom stereocenters. The van der Waals surface area contributed by atoms with Gasteiger partial charge in [-0.3, -0.25) is 9.78 Å².